The van der Waals surface area contributed by atoms with E-state index in [1.807, 2.05) is 32.2 Å². The first kappa shape index (κ1) is 15.1. The number of hydrogen-bond acceptors (Lipinski definition) is 4. The fourth-order valence-electron chi connectivity index (χ4n) is 2.55. The third-order valence-electron chi connectivity index (χ3n) is 3.87. The van der Waals surface area contributed by atoms with Gasteiger partial charge in [-0.25, -0.2) is 9.78 Å². The van der Waals surface area contributed by atoms with Crippen LogP contribution in [0.1, 0.15) is 46.7 Å². The first-order valence-electron chi connectivity index (χ1n) is 7.55. The van der Waals surface area contributed by atoms with Crippen molar-refractivity contribution in [1.82, 2.24) is 15.6 Å². The molecule has 2 aromatic heterocycles. The minimum atomic E-state index is -0.150. The van der Waals surface area contributed by atoms with E-state index in [9.17, 15) is 4.79 Å². The van der Waals surface area contributed by atoms with Crippen LogP contribution in [0.25, 0.3) is 0 Å². The van der Waals surface area contributed by atoms with E-state index in [2.05, 4.69) is 15.6 Å². The number of furan rings is 1. The van der Waals surface area contributed by atoms with E-state index >= 15 is 0 Å². The van der Waals surface area contributed by atoms with Crippen LogP contribution in [0.15, 0.2) is 15.9 Å². The summed E-state index contributed by atoms with van der Waals surface area (Å²) < 4.78 is 5.47. The number of aromatic nitrogens is 1. The van der Waals surface area contributed by atoms with Crippen LogP contribution >= 0.6 is 11.3 Å². The summed E-state index contributed by atoms with van der Waals surface area (Å²) in [6.45, 7) is 6.27. The molecule has 22 heavy (non-hydrogen) atoms. The maximum Gasteiger partial charge on any atom is 0.315 e. The van der Waals surface area contributed by atoms with Crippen LogP contribution < -0.4 is 10.6 Å². The van der Waals surface area contributed by atoms with Crippen molar-refractivity contribution in [1.29, 1.82) is 0 Å². The van der Waals surface area contributed by atoms with Gasteiger partial charge in [-0.3, -0.25) is 0 Å². The second kappa shape index (κ2) is 6.12. The Morgan fingerprint density at radius 1 is 1.45 bits per heavy atom. The molecule has 6 heteroatoms. The van der Waals surface area contributed by atoms with Crippen LogP contribution in [-0.2, 0) is 6.54 Å². The lowest BCUT2D eigenvalue weighted by atomic mass is 10.2. The molecule has 0 unspecified atom stereocenters. The molecule has 1 fully saturated rings. The first-order valence-corrected chi connectivity index (χ1v) is 8.43. The van der Waals surface area contributed by atoms with Crippen molar-refractivity contribution in [3.63, 3.8) is 0 Å². The highest BCUT2D eigenvalue weighted by molar-refractivity contribution is 7.09. The second-order valence-corrected chi connectivity index (χ2v) is 6.80. The number of hydrogen-bond donors (Lipinski definition) is 2. The van der Waals surface area contributed by atoms with Gasteiger partial charge in [0.05, 0.1) is 6.04 Å². The van der Waals surface area contributed by atoms with E-state index in [0.29, 0.717) is 12.5 Å². The summed E-state index contributed by atoms with van der Waals surface area (Å²) in [5, 5.41) is 9.02. The van der Waals surface area contributed by atoms with E-state index < -0.39 is 0 Å². The number of carbonyl (C=O) groups excluding carboxylic acids is 1. The highest BCUT2D eigenvalue weighted by Gasteiger charge is 2.35. The Labute approximate surface area is 134 Å². The van der Waals surface area contributed by atoms with Crippen molar-refractivity contribution in [3.8, 4) is 0 Å². The van der Waals surface area contributed by atoms with Gasteiger partial charge in [-0.15, -0.1) is 11.3 Å². The third kappa shape index (κ3) is 3.50. The fourth-order valence-corrected chi connectivity index (χ4v) is 3.49. The maximum absolute atomic E-state index is 12.2. The molecule has 2 N–H and O–H groups in total. The number of rotatable bonds is 5. The lowest BCUT2D eigenvalue weighted by Crippen LogP contribution is -2.38. The SMILES string of the molecule is Cc1csc([C@H](NC(=O)NCc2cc(C)oc2C)C2CC2)n1. The number of amides is 2. The molecule has 0 saturated heterocycles. The van der Waals surface area contributed by atoms with Crippen molar-refractivity contribution < 1.29 is 9.21 Å². The summed E-state index contributed by atoms with van der Waals surface area (Å²) in [7, 11) is 0. The van der Waals surface area contributed by atoms with Gasteiger partial charge in [0.2, 0.25) is 0 Å². The zero-order valence-corrected chi connectivity index (χ0v) is 13.9. The number of thiazole rings is 1. The van der Waals surface area contributed by atoms with Crippen LogP contribution in [0.4, 0.5) is 4.79 Å². The van der Waals surface area contributed by atoms with Crippen LogP contribution in [0.2, 0.25) is 0 Å². The molecule has 118 valence electrons. The van der Waals surface area contributed by atoms with E-state index in [1.165, 1.54) is 0 Å². The number of urea groups is 1. The Kier molecular flexibility index (Phi) is 4.20. The average Bonchev–Trinajstić information content (AvgIpc) is 3.13. The summed E-state index contributed by atoms with van der Waals surface area (Å²) in [5.74, 6) is 2.24. The van der Waals surface area contributed by atoms with E-state index in [1.54, 1.807) is 11.3 Å². The molecular weight excluding hydrogens is 298 g/mol. The lowest BCUT2D eigenvalue weighted by Gasteiger charge is -2.16. The summed E-state index contributed by atoms with van der Waals surface area (Å²) in [4.78, 5) is 16.7. The first-order chi connectivity index (χ1) is 10.5. The van der Waals surface area contributed by atoms with Crippen LogP contribution in [0.3, 0.4) is 0 Å². The fraction of sp³-hybridized carbons (Fsp3) is 0.500. The molecule has 3 rings (SSSR count). The molecule has 2 heterocycles. The standard InChI is InChI=1S/C16H21N3O2S/c1-9-8-22-15(18-9)14(12-4-5-12)19-16(20)17-7-13-6-10(2)21-11(13)3/h6,8,12,14H,4-5,7H2,1-3H3,(H2,17,19,20)/t14-/m1/s1. The average molecular weight is 319 g/mol. The molecular formula is C16H21N3O2S. The molecule has 2 aromatic rings. The quantitative estimate of drug-likeness (QED) is 0.884. The zero-order valence-electron chi connectivity index (χ0n) is 13.1. The van der Waals surface area contributed by atoms with E-state index in [-0.39, 0.29) is 12.1 Å². The Morgan fingerprint density at radius 2 is 2.23 bits per heavy atom. The number of nitrogens with zero attached hydrogens (tertiary/aromatic N) is 1. The molecule has 0 aliphatic heterocycles. The number of carbonyl (C=O) groups is 1. The minimum absolute atomic E-state index is 0.0332. The molecule has 2 amide bonds. The van der Waals surface area contributed by atoms with E-state index in [4.69, 9.17) is 4.42 Å². The highest BCUT2D eigenvalue weighted by Crippen LogP contribution is 2.41. The largest absolute Gasteiger partial charge is 0.466 e. The Morgan fingerprint density at radius 3 is 2.77 bits per heavy atom. The van der Waals surface area contributed by atoms with Crippen LogP contribution in [0.5, 0.6) is 0 Å². The van der Waals surface area contributed by atoms with Gasteiger partial charge in [-0.2, -0.15) is 0 Å². The maximum atomic E-state index is 12.2. The Bertz CT molecular complexity index is 673. The zero-order chi connectivity index (χ0) is 15.7. The predicted octanol–water partition coefficient (Wildman–Crippen LogP) is 3.61. The topological polar surface area (TPSA) is 67.2 Å². The molecule has 0 bridgehead atoms. The van der Waals surface area contributed by atoms with Crippen molar-refractivity contribution in [2.45, 2.75) is 46.2 Å². The summed E-state index contributed by atoms with van der Waals surface area (Å²) >= 11 is 1.62. The molecule has 1 aliphatic rings. The molecule has 1 saturated carbocycles. The second-order valence-electron chi connectivity index (χ2n) is 5.91. The summed E-state index contributed by atoms with van der Waals surface area (Å²) in [6.07, 6.45) is 2.31. The number of aryl methyl sites for hydroxylation is 3. The van der Waals surface area contributed by atoms with Gasteiger partial charge in [-0.1, -0.05) is 0 Å². The van der Waals surface area contributed by atoms with Gasteiger partial charge < -0.3 is 15.1 Å². The van der Waals surface area contributed by atoms with Gasteiger partial charge in [0.15, 0.2) is 0 Å². The van der Waals surface area contributed by atoms with Crippen LogP contribution in [-0.4, -0.2) is 11.0 Å². The van der Waals surface area contributed by atoms with Crippen molar-refractivity contribution in [3.05, 3.63) is 39.2 Å². The van der Waals surface area contributed by atoms with Crippen molar-refractivity contribution in [2.75, 3.05) is 0 Å². The Balaban J connectivity index is 1.59. The molecule has 1 aliphatic carbocycles. The summed E-state index contributed by atoms with van der Waals surface area (Å²) in [5.41, 5.74) is 2.03. The minimum Gasteiger partial charge on any atom is -0.466 e. The smallest absolute Gasteiger partial charge is 0.315 e. The van der Waals surface area contributed by atoms with Crippen molar-refractivity contribution >= 4 is 17.4 Å². The van der Waals surface area contributed by atoms with Gasteiger partial charge in [0, 0.05) is 23.2 Å². The van der Waals surface area contributed by atoms with Crippen molar-refractivity contribution in [2.24, 2.45) is 5.92 Å². The molecule has 0 aromatic carbocycles. The molecule has 1 atom stereocenters. The highest BCUT2D eigenvalue weighted by atomic mass is 32.1. The van der Waals surface area contributed by atoms with Gasteiger partial charge in [-0.05, 0) is 45.6 Å². The predicted molar refractivity (Wildman–Crippen MR) is 85.9 cm³/mol. The third-order valence-corrected chi connectivity index (χ3v) is 4.91. The number of nitrogens with one attached hydrogen (secondary N) is 2. The molecule has 0 radical (unpaired) electrons. The molecule has 0 spiro atoms. The summed E-state index contributed by atoms with van der Waals surface area (Å²) in [6, 6.07) is 1.84. The van der Waals surface area contributed by atoms with Gasteiger partial charge in [0.1, 0.15) is 16.5 Å². The lowest BCUT2D eigenvalue weighted by molar-refractivity contribution is 0.235. The van der Waals surface area contributed by atoms with Crippen LogP contribution in [0, 0.1) is 26.7 Å². The Hall–Kier alpha value is -1.82. The van der Waals surface area contributed by atoms with E-state index in [0.717, 1.165) is 40.6 Å². The molecule has 5 nitrogen and oxygen atoms in total. The van der Waals surface area contributed by atoms with Gasteiger partial charge >= 0.3 is 6.03 Å². The monoisotopic (exact) mass is 319 g/mol. The van der Waals surface area contributed by atoms with Gasteiger partial charge in [0.25, 0.3) is 0 Å². The normalized spacial score (nSPS) is 15.6.